The average molecular weight is 319 g/mol. The molecule has 5 heteroatoms. The molecule has 0 aromatic heterocycles. The molecule has 2 fully saturated rings. The third-order valence-corrected chi connectivity index (χ3v) is 4.54. The fourth-order valence-electron chi connectivity index (χ4n) is 3.64. The van der Waals surface area contributed by atoms with E-state index in [1.54, 1.807) is 0 Å². The van der Waals surface area contributed by atoms with Gasteiger partial charge < -0.3 is 15.7 Å². The Labute approximate surface area is 134 Å². The average Bonchev–Trinajstić information content (AvgIpc) is 2.77. The Hall–Kier alpha value is -0.320. The molecule has 4 atom stereocenters. The topological polar surface area (TPSA) is 61.4 Å². The molecule has 0 bridgehead atoms. The van der Waals surface area contributed by atoms with E-state index in [-0.39, 0.29) is 29.8 Å². The summed E-state index contributed by atoms with van der Waals surface area (Å²) >= 11 is 0. The van der Waals surface area contributed by atoms with E-state index in [4.69, 9.17) is 0 Å². The first-order valence-electron chi connectivity index (χ1n) is 8.07. The maximum absolute atomic E-state index is 12.2. The first-order valence-corrected chi connectivity index (χ1v) is 8.07. The smallest absolute Gasteiger partial charge is 0.237 e. The number of amides is 1. The second-order valence-corrected chi connectivity index (χ2v) is 7.77. The van der Waals surface area contributed by atoms with Crippen LogP contribution in [0.1, 0.15) is 59.3 Å². The van der Waals surface area contributed by atoms with Gasteiger partial charge in [0.15, 0.2) is 0 Å². The molecule has 0 radical (unpaired) electrons. The van der Waals surface area contributed by atoms with Gasteiger partial charge in [0.1, 0.15) is 0 Å². The van der Waals surface area contributed by atoms with Gasteiger partial charge in [-0.05, 0) is 37.0 Å². The molecule has 4 unspecified atom stereocenters. The molecule has 4 nitrogen and oxygen atoms in total. The van der Waals surface area contributed by atoms with Crippen molar-refractivity contribution in [2.75, 3.05) is 6.54 Å². The molecule has 21 heavy (non-hydrogen) atoms. The van der Waals surface area contributed by atoms with E-state index in [0.29, 0.717) is 24.9 Å². The molecule has 3 N–H and O–H groups in total. The monoisotopic (exact) mass is 318 g/mol. The largest absolute Gasteiger partial charge is 0.391 e. The number of aliphatic hydroxyl groups is 1. The predicted octanol–water partition coefficient (Wildman–Crippen LogP) is 2.24. The molecule has 1 heterocycles. The number of aliphatic hydroxyl groups excluding tert-OH is 1. The Balaban J connectivity index is 0.00000220. The number of halogens is 1. The van der Waals surface area contributed by atoms with Crippen LogP contribution in [0.15, 0.2) is 0 Å². The fraction of sp³-hybridized carbons (Fsp3) is 0.938. The molecule has 0 spiro atoms. The molecule has 0 aromatic carbocycles. The summed E-state index contributed by atoms with van der Waals surface area (Å²) in [5.41, 5.74) is 0.0880. The molecular weight excluding hydrogens is 288 g/mol. The molecular formula is C16H31ClN2O2. The summed E-state index contributed by atoms with van der Waals surface area (Å²) in [7, 11) is 0. The molecule has 0 aromatic rings. The van der Waals surface area contributed by atoms with E-state index in [0.717, 1.165) is 6.42 Å². The summed E-state index contributed by atoms with van der Waals surface area (Å²) in [4.78, 5) is 12.2. The molecule has 1 saturated heterocycles. The molecule has 1 saturated carbocycles. The second kappa shape index (κ2) is 7.80. The van der Waals surface area contributed by atoms with Crippen LogP contribution < -0.4 is 10.6 Å². The number of hydrogen-bond donors (Lipinski definition) is 3. The molecule has 1 amide bonds. The van der Waals surface area contributed by atoms with Crippen LogP contribution in [-0.2, 0) is 4.79 Å². The highest BCUT2D eigenvalue weighted by Crippen LogP contribution is 2.33. The van der Waals surface area contributed by atoms with Gasteiger partial charge in [-0.3, -0.25) is 4.79 Å². The van der Waals surface area contributed by atoms with Gasteiger partial charge in [-0.1, -0.05) is 33.6 Å². The Bertz CT molecular complexity index is 330. The Morgan fingerprint density at radius 2 is 2.00 bits per heavy atom. The van der Waals surface area contributed by atoms with Crippen LogP contribution >= 0.6 is 12.4 Å². The predicted molar refractivity (Wildman–Crippen MR) is 87.6 cm³/mol. The summed E-state index contributed by atoms with van der Waals surface area (Å²) in [5, 5.41) is 16.3. The summed E-state index contributed by atoms with van der Waals surface area (Å²) in [6.07, 6.45) is 6.27. The number of carbonyl (C=O) groups excluding carboxylic acids is 1. The van der Waals surface area contributed by atoms with Crippen LogP contribution in [0.3, 0.4) is 0 Å². The van der Waals surface area contributed by atoms with Gasteiger partial charge in [0.2, 0.25) is 5.91 Å². The lowest BCUT2D eigenvalue weighted by atomic mass is 9.85. The summed E-state index contributed by atoms with van der Waals surface area (Å²) < 4.78 is 0. The van der Waals surface area contributed by atoms with Crippen molar-refractivity contribution in [3.8, 4) is 0 Å². The third-order valence-electron chi connectivity index (χ3n) is 4.54. The summed E-state index contributed by atoms with van der Waals surface area (Å²) in [6.45, 7) is 6.66. The minimum absolute atomic E-state index is 0. The van der Waals surface area contributed by atoms with Crippen molar-refractivity contribution in [2.24, 2.45) is 11.3 Å². The number of nitrogens with one attached hydrogen (secondary N) is 2. The minimum Gasteiger partial charge on any atom is -0.391 e. The lowest BCUT2D eigenvalue weighted by molar-refractivity contribution is -0.123. The van der Waals surface area contributed by atoms with Gasteiger partial charge >= 0.3 is 0 Å². The lowest BCUT2D eigenvalue weighted by Gasteiger charge is -2.24. The molecule has 1 aliphatic carbocycles. The first-order chi connectivity index (χ1) is 9.35. The summed E-state index contributed by atoms with van der Waals surface area (Å²) in [5.74, 6) is 0.742. The Kier molecular flexibility index (Phi) is 6.95. The van der Waals surface area contributed by atoms with Gasteiger partial charge in [0, 0.05) is 12.6 Å². The third kappa shape index (κ3) is 5.76. The standard InChI is InChI=1S/C16H30N2O2.ClH/c1-16(2,3)9-12(19)10-17-15(20)14-8-11-6-4-5-7-13(11)18-14;/h11-14,18-19H,4-10H2,1-3H3,(H,17,20);1H. The maximum Gasteiger partial charge on any atom is 0.237 e. The van der Waals surface area contributed by atoms with Crippen LogP contribution in [0, 0.1) is 11.3 Å². The normalized spacial score (nSPS) is 30.2. The van der Waals surface area contributed by atoms with E-state index in [2.05, 4.69) is 31.4 Å². The van der Waals surface area contributed by atoms with E-state index >= 15 is 0 Å². The van der Waals surface area contributed by atoms with E-state index in [9.17, 15) is 9.90 Å². The minimum atomic E-state index is -0.456. The van der Waals surface area contributed by atoms with Crippen LogP contribution in [-0.4, -0.2) is 35.7 Å². The van der Waals surface area contributed by atoms with Crippen LogP contribution in [0.5, 0.6) is 0 Å². The van der Waals surface area contributed by atoms with Gasteiger partial charge in [0.25, 0.3) is 0 Å². The Morgan fingerprint density at radius 1 is 1.33 bits per heavy atom. The van der Waals surface area contributed by atoms with Crippen molar-refractivity contribution in [3.05, 3.63) is 0 Å². The highest BCUT2D eigenvalue weighted by molar-refractivity contribution is 5.85. The zero-order valence-electron chi connectivity index (χ0n) is 13.5. The van der Waals surface area contributed by atoms with Crippen molar-refractivity contribution < 1.29 is 9.90 Å². The molecule has 2 rings (SSSR count). The number of rotatable bonds is 4. The van der Waals surface area contributed by atoms with E-state index < -0.39 is 6.10 Å². The maximum atomic E-state index is 12.2. The van der Waals surface area contributed by atoms with Crippen LogP contribution in [0.25, 0.3) is 0 Å². The quantitative estimate of drug-likeness (QED) is 0.745. The SMILES string of the molecule is CC(C)(C)CC(O)CNC(=O)C1CC2CCCCC2N1.Cl. The van der Waals surface area contributed by atoms with Crippen LogP contribution in [0.4, 0.5) is 0 Å². The van der Waals surface area contributed by atoms with Crippen molar-refractivity contribution in [3.63, 3.8) is 0 Å². The number of fused-ring (bicyclic) bond motifs is 1. The lowest BCUT2D eigenvalue weighted by Crippen LogP contribution is -2.45. The van der Waals surface area contributed by atoms with Gasteiger partial charge in [-0.15, -0.1) is 12.4 Å². The highest BCUT2D eigenvalue weighted by atomic mass is 35.5. The highest BCUT2D eigenvalue weighted by Gasteiger charge is 2.38. The fourth-order valence-corrected chi connectivity index (χ4v) is 3.64. The van der Waals surface area contributed by atoms with Crippen LogP contribution in [0.2, 0.25) is 0 Å². The van der Waals surface area contributed by atoms with E-state index in [1.165, 1.54) is 25.7 Å². The number of carbonyl (C=O) groups is 1. The van der Waals surface area contributed by atoms with Crippen molar-refractivity contribution in [1.29, 1.82) is 0 Å². The zero-order valence-corrected chi connectivity index (χ0v) is 14.3. The molecule has 1 aliphatic heterocycles. The Morgan fingerprint density at radius 3 is 2.62 bits per heavy atom. The number of hydrogen-bond acceptors (Lipinski definition) is 3. The van der Waals surface area contributed by atoms with Gasteiger partial charge in [0.05, 0.1) is 12.1 Å². The molecule has 2 aliphatic rings. The first kappa shape index (κ1) is 18.7. The van der Waals surface area contributed by atoms with Gasteiger partial charge in [-0.25, -0.2) is 0 Å². The van der Waals surface area contributed by atoms with Crippen molar-refractivity contribution >= 4 is 18.3 Å². The molecule has 124 valence electrons. The summed E-state index contributed by atoms with van der Waals surface area (Å²) in [6, 6.07) is 0.490. The van der Waals surface area contributed by atoms with Gasteiger partial charge in [-0.2, -0.15) is 0 Å². The van der Waals surface area contributed by atoms with Crippen molar-refractivity contribution in [1.82, 2.24) is 10.6 Å². The van der Waals surface area contributed by atoms with Crippen molar-refractivity contribution in [2.45, 2.75) is 77.5 Å². The zero-order chi connectivity index (χ0) is 14.8. The second-order valence-electron chi connectivity index (χ2n) is 7.77. The van der Waals surface area contributed by atoms with E-state index in [1.807, 2.05) is 0 Å².